The Hall–Kier alpha value is -2.51. The van der Waals surface area contributed by atoms with Crippen LogP contribution in [0.2, 0.25) is 0 Å². The highest BCUT2D eigenvalue weighted by molar-refractivity contribution is 5.81. The summed E-state index contributed by atoms with van der Waals surface area (Å²) < 4.78 is 29.8. The molecule has 0 spiro atoms. The molecule has 2 aromatic rings. The third-order valence-electron chi connectivity index (χ3n) is 6.62. The summed E-state index contributed by atoms with van der Waals surface area (Å²) in [4.78, 5) is 27.6. The number of likely N-dealkylation sites (tertiary alicyclic amines) is 1. The molecule has 1 amide bonds. The Kier molecular flexibility index (Phi) is 4.33. The van der Waals surface area contributed by atoms with Gasteiger partial charge in [-0.05, 0) is 49.8 Å². The first-order chi connectivity index (χ1) is 14.0. The zero-order chi connectivity index (χ0) is 20.2. The Morgan fingerprint density at radius 2 is 1.97 bits per heavy atom. The number of hydrogen-bond donors (Lipinski definition) is 0. The number of aromatic nitrogens is 3. The molecule has 1 saturated carbocycles. The maximum atomic E-state index is 13.6. The summed E-state index contributed by atoms with van der Waals surface area (Å²) in [7, 11) is 0. The molecular weight excluding hydrogens is 378 g/mol. The average Bonchev–Trinajstić information content (AvgIpc) is 3.26. The molecule has 1 aromatic carbocycles. The monoisotopic (exact) mass is 402 g/mol. The van der Waals surface area contributed by atoms with Crippen molar-refractivity contribution in [3.63, 3.8) is 0 Å². The lowest BCUT2D eigenvalue weighted by atomic mass is 9.96. The minimum absolute atomic E-state index is 0.112. The Labute approximate surface area is 167 Å². The molecule has 0 radical (unpaired) electrons. The number of aryl methyl sites for hydroxylation is 1. The zero-order valence-corrected chi connectivity index (χ0v) is 16.2. The van der Waals surface area contributed by atoms with Crippen molar-refractivity contribution in [2.75, 3.05) is 13.1 Å². The van der Waals surface area contributed by atoms with Crippen molar-refractivity contribution in [3.8, 4) is 0 Å². The quantitative estimate of drug-likeness (QED) is 0.789. The van der Waals surface area contributed by atoms with E-state index >= 15 is 0 Å². The fourth-order valence-corrected chi connectivity index (χ4v) is 4.78. The summed E-state index contributed by atoms with van der Waals surface area (Å²) in [5.41, 5.74) is 0.538. The number of fused-ring (bicyclic) bond motifs is 1. The number of nitrogens with zero attached hydrogens (tertiary/aromatic N) is 4. The standard InChI is InChI=1S/C21H24F2N4O2/c22-15-6-4-14(5-7-15)21(9-10-21)13-26-20(29)27-17(2-1-3-18(27)24-26)19(28)25-11-8-16(23)12-25/h4-7,16-17H,1-3,8-13H2/t16-,17-/m0/s1. The number of carbonyl (C=O) groups is 1. The first kappa shape index (κ1) is 18.5. The van der Waals surface area contributed by atoms with E-state index in [1.807, 2.05) is 0 Å². The Morgan fingerprint density at radius 1 is 1.21 bits per heavy atom. The molecule has 1 aromatic heterocycles. The average molecular weight is 402 g/mol. The number of carbonyl (C=O) groups excluding carboxylic acids is 1. The predicted octanol–water partition coefficient (Wildman–Crippen LogP) is 2.36. The van der Waals surface area contributed by atoms with Crippen molar-refractivity contribution in [3.05, 3.63) is 52.0 Å². The Bertz CT molecular complexity index is 993. The van der Waals surface area contributed by atoms with Gasteiger partial charge in [-0.2, -0.15) is 5.10 Å². The van der Waals surface area contributed by atoms with E-state index in [2.05, 4.69) is 5.10 Å². The van der Waals surface area contributed by atoms with Gasteiger partial charge in [0.05, 0.1) is 13.1 Å². The predicted molar refractivity (Wildman–Crippen MR) is 102 cm³/mol. The second-order valence-corrected chi connectivity index (χ2v) is 8.59. The van der Waals surface area contributed by atoms with Crippen molar-refractivity contribution in [2.45, 2.75) is 62.7 Å². The molecule has 0 N–H and O–H groups in total. The highest BCUT2D eigenvalue weighted by atomic mass is 19.1. The summed E-state index contributed by atoms with van der Waals surface area (Å²) in [6.07, 6.45) is 3.23. The SMILES string of the molecule is O=C([C@@H]1CCCc2nn(CC3(c4ccc(F)cc4)CC3)c(=O)n21)N1CC[C@H](F)C1. The number of halogens is 2. The van der Waals surface area contributed by atoms with E-state index in [4.69, 9.17) is 0 Å². The van der Waals surface area contributed by atoms with Gasteiger partial charge in [0.1, 0.15) is 23.9 Å². The highest BCUT2D eigenvalue weighted by Crippen LogP contribution is 2.49. The largest absolute Gasteiger partial charge is 0.346 e. The summed E-state index contributed by atoms with van der Waals surface area (Å²) in [6.45, 7) is 0.943. The summed E-state index contributed by atoms with van der Waals surface area (Å²) in [5, 5.41) is 4.54. The zero-order valence-electron chi connectivity index (χ0n) is 16.2. The minimum atomic E-state index is -0.980. The molecule has 6 nitrogen and oxygen atoms in total. The summed E-state index contributed by atoms with van der Waals surface area (Å²) >= 11 is 0. The lowest BCUT2D eigenvalue weighted by molar-refractivity contribution is -0.134. The normalized spacial score (nSPS) is 25.1. The van der Waals surface area contributed by atoms with Gasteiger partial charge in [-0.1, -0.05) is 12.1 Å². The molecule has 0 bridgehead atoms. The van der Waals surface area contributed by atoms with E-state index < -0.39 is 12.2 Å². The molecule has 1 saturated heterocycles. The maximum absolute atomic E-state index is 13.6. The molecule has 3 heterocycles. The molecule has 8 heteroatoms. The Balaban J connectivity index is 1.43. The van der Waals surface area contributed by atoms with Crippen molar-refractivity contribution < 1.29 is 13.6 Å². The van der Waals surface area contributed by atoms with Crippen LogP contribution in [0.25, 0.3) is 0 Å². The molecule has 29 heavy (non-hydrogen) atoms. The van der Waals surface area contributed by atoms with E-state index in [9.17, 15) is 18.4 Å². The van der Waals surface area contributed by atoms with E-state index in [0.29, 0.717) is 38.2 Å². The van der Waals surface area contributed by atoms with Gasteiger partial charge in [-0.25, -0.2) is 18.3 Å². The van der Waals surface area contributed by atoms with Crippen molar-refractivity contribution in [1.29, 1.82) is 0 Å². The van der Waals surface area contributed by atoms with Gasteiger partial charge in [-0.3, -0.25) is 9.36 Å². The second kappa shape index (κ2) is 6.78. The van der Waals surface area contributed by atoms with Gasteiger partial charge in [0, 0.05) is 18.4 Å². The van der Waals surface area contributed by atoms with E-state index in [1.54, 1.807) is 12.1 Å². The van der Waals surface area contributed by atoms with Crippen LogP contribution in [0.5, 0.6) is 0 Å². The molecule has 2 atom stereocenters. The third-order valence-corrected chi connectivity index (χ3v) is 6.62. The molecular formula is C21H24F2N4O2. The van der Waals surface area contributed by atoms with E-state index in [-0.39, 0.29) is 29.4 Å². The van der Waals surface area contributed by atoms with Gasteiger partial charge in [0.2, 0.25) is 5.91 Å². The molecule has 2 aliphatic heterocycles. The van der Waals surface area contributed by atoms with E-state index in [1.165, 1.54) is 26.3 Å². The van der Waals surface area contributed by atoms with Crippen LogP contribution in [0.15, 0.2) is 29.1 Å². The van der Waals surface area contributed by atoms with Crippen LogP contribution in [0.4, 0.5) is 8.78 Å². The van der Waals surface area contributed by atoms with Crippen molar-refractivity contribution >= 4 is 5.91 Å². The second-order valence-electron chi connectivity index (χ2n) is 8.59. The fourth-order valence-electron chi connectivity index (χ4n) is 4.78. The Morgan fingerprint density at radius 3 is 2.62 bits per heavy atom. The van der Waals surface area contributed by atoms with Gasteiger partial charge < -0.3 is 4.90 Å². The van der Waals surface area contributed by atoms with Crippen molar-refractivity contribution in [1.82, 2.24) is 19.2 Å². The van der Waals surface area contributed by atoms with Crippen LogP contribution in [0.1, 0.15) is 49.5 Å². The first-order valence-electron chi connectivity index (χ1n) is 10.3. The van der Waals surface area contributed by atoms with Crippen LogP contribution in [0, 0.1) is 5.82 Å². The van der Waals surface area contributed by atoms with Gasteiger partial charge in [-0.15, -0.1) is 0 Å². The molecule has 0 unspecified atom stereocenters. The maximum Gasteiger partial charge on any atom is 0.346 e. The third kappa shape index (κ3) is 3.18. The molecule has 154 valence electrons. The topological polar surface area (TPSA) is 60.1 Å². The smallest absolute Gasteiger partial charge is 0.338 e. The van der Waals surface area contributed by atoms with Gasteiger partial charge in [0.25, 0.3) is 0 Å². The number of hydrogen-bond acceptors (Lipinski definition) is 3. The van der Waals surface area contributed by atoms with Crippen molar-refractivity contribution in [2.24, 2.45) is 0 Å². The first-order valence-corrected chi connectivity index (χ1v) is 10.3. The lowest BCUT2D eigenvalue weighted by Crippen LogP contribution is -2.42. The van der Waals surface area contributed by atoms with Crippen LogP contribution < -0.4 is 5.69 Å². The van der Waals surface area contributed by atoms with Crippen LogP contribution in [-0.4, -0.2) is 44.4 Å². The van der Waals surface area contributed by atoms with Gasteiger partial charge >= 0.3 is 5.69 Å². The van der Waals surface area contributed by atoms with Gasteiger partial charge in [0.15, 0.2) is 0 Å². The van der Waals surface area contributed by atoms with Crippen LogP contribution in [-0.2, 0) is 23.2 Å². The molecule has 3 aliphatic rings. The molecule has 5 rings (SSSR count). The number of alkyl halides is 1. The summed E-state index contributed by atoms with van der Waals surface area (Å²) in [6, 6.07) is 5.84. The molecule has 2 fully saturated rings. The van der Waals surface area contributed by atoms with Crippen LogP contribution in [0.3, 0.4) is 0 Å². The highest BCUT2D eigenvalue weighted by Gasteiger charge is 2.46. The number of amides is 1. The summed E-state index contributed by atoms with van der Waals surface area (Å²) in [5.74, 6) is 0.177. The van der Waals surface area contributed by atoms with E-state index in [0.717, 1.165) is 24.8 Å². The number of rotatable bonds is 4. The minimum Gasteiger partial charge on any atom is -0.338 e. The molecule has 1 aliphatic carbocycles. The fraction of sp³-hybridized carbons (Fsp3) is 0.571. The van der Waals surface area contributed by atoms with Crippen LogP contribution >= 0.6 is 0 Å². The lowest BCUT2D eigenvalue weighted by Gasteiger charge is -2.27. The number of benzene rings is 1.